The lowest BCUT2D eigenvalue weighted by molar-refractivity contribution is 0.269. The lowest BCUT2D eigenvalue weighted by Crippen LogP contribution is -2.38. The van der Waals surface area contributed by atoms with Crippen LogP contribution in [0, 0.1) is 0 Å². The Labute approximate surface area is 154 Å². The number of nitrogens with one attached hydrogen (secondary N) is 1. The van der Waals surface area contributed by atoms with E-state index in [1.807, 2.05) is 12.1 Å². The zero-order valence-corrected chi connectivity index (χ0v) is 16.9. The largest absolute Gasteiger partial charge is 0.497 e. The summed E-state index contributed by atoms with van der Waals surface area (Å²) in [5.41, 5.74) is 1.24. The van der Waals surface area contributed by atoms with Crippen LogP contribution < -0.4 is 10.1 Å². The number of ether oxygens (including phenoxy) is 1. The highest BCUT2D eigenvalue weighted by Gasteiger charge is 2.07. The summed E-state index contributed by atoms with van der Waals surface area (Å²) in [6.45, 7) is 10.3. The molecule has 1 rings (SSSR count). The molecular formula is C20H36N4O. The van der Waals surface area contributed by atoms with E-state index in [-0.39, 0.29) is 0 Å². The van der Waals surface area contributed by atoms with Crippen LogP contribution in [0.1, 0.15) is 39.2 Å². The standard InChI is InChI=1S/C20H36N4O/c1-7-21-20(22-14-8-9-15-23(4)17(2)3)24(5)16-18-10-12-19(25-6)13-11-18/h10-13,17H,7-9,14-16H2,1-6H3,(H,21,22). The first kappa shape index (κ1) is 21.3. The zero-order valence-electron chi connectivity index (χ0n) is 16.9. The number of unbranched alkanes of at least 4 members (excludes halogenated alkanes) is 1. The number of hydrogen-bond acceptors (Lipinski definition) is 3. The first-order valence-electron chi connectivity index (χ1n) is 9.30. The highest BCUT2D eigenvalue weighted by Crippen LogP contribution is 2.12. The average Bonchev–Trinajstić information content (AvgIpc) is 2.60. The molecule has 5 heteroatoms. The van der Waals surface area contributed by atoms with Crippen LogP contribution in [0.4, 0.5) is 0 Å². The molecule has 0 fully saturated rings. The zero-order chi connectivity index (χ0) is 18.7. The van der Waals surface area contributed by atoms with Crippen LogP contribution in [-0.4, -0.2) is 62.6 Å². The van der Waals surface area contributed by atoms with Crippen LogP contribution in [0.3, 0.4) is 0 Å². The van der Waals surface area contributed by atoms with Gasteiger partial charge in [0, 0.05) is 32.7 Å². The first-order valence-corrected chi connectivity index (χ1v) is 9.30. The minimum atomic E-state index is 0.608. The Balaban J connectivity index is 2.49. The molecule has 0 aromatic heterocycles. The van der Waals surface area contributed by atoms with Gasteiger partial charge < -0.3 is 19.9 Å². The third-order valence-electron chi connectivity index (χ3n) is 4.34. The highest BCUT2D eigenvalue weighted by molar-refractivity contribution is 5.79. The summed E-state index contributed by atoms with van der Waals surface area (Å²) in [4.78, 5) is 9.33. The van der Waals surface area contributed by atoms with Crippen molar-refractivity contribution in [2.45, 2.75) is 46.2 Å². The second-order valence-corrected chi connectivity index (χ2v) is 6.72. The van der Waals surface area contributed by atoms with Crippen molar-refractivity contribution in [1.82, 2.24) is 15.1 Å². The van der Waals surface area contributed by atoms with Gasteiger partial charge in [-0.25, -0.2) is 0 Å². The quantitative estimate of drug-likeness (QED) is 0.400. The van der Waals surface area contributed by atoms with Crippen molar-refractivity contribution in [2.75, 3.05) is 40.8 Å². The molecule has 0 atom stereocenters. The van der Waals surface area contributed by atoms with E-state index in [0.29, 0.717) is 6.04 Å². The lowest BCUT2D eigenvalue weighted by atomic mass is 10.2. The smallest absolute Gasteiger partial charge is 0.193 e. The number of hydrogen-bond donors (Lipinski definition) is 1. The van der Waals surface area contributed by atoms with Gasteiger partial charge in [0.05, 0.1) is 7.11 Å². The number of nitrogens with zero attached hydrogens (tertiary/aromatic N) is 3. The van der Waals surface area contributed by atoms with Crippen LogP contribution in [0.15, 0.2) is 29.3 Å². The minimum absolute atomic E-state index is 0.608. The molecule has 0 spiro atoms. The van der Waals surface area contributed by atoms with Crippen molar-refractivity contribution in [3.8, 4) is 5.75 Å². The van der Waals surface area contributed by atoms with E-state index in [1.165, 1.54) is 12.0 Å². The average molecular weight is 349 g/mol. The second-order valence-electron chi connectivity index (χ2n) is 6.72. The fourth-order valence-corrected chi connectivity index (χ4v) is 2.47. The Hall–Kier alpha value is -1.75. The van der Waals surface area contributed by atoms with Gasteiger partial charge in [0.15, 0.2) is 5.96 Å². The maximum Gasteiger partial charge on any atom is 0.193 e. The molecule has 25 heavy (non-hydrogen) atoms. The number of rotatable bonds is 10. The lowest BCUT2D eigenvalue weighted by Gasteiger charge is -2.22. The Bertz CT molecular complexity index is 499. The molecule has 1 N–H and O–H groups in total. The van der Waals surface area contributed by atoms with Crippen molar-refractivity contribution >= 4 is 5.96 Å². The van der Waals surface area contributed by atoms with E-state index >= 15 is 0 Å². The molecular weight excluding hydrogens is 312 g/mol. The van der Waals surface area contributed by atoms with Gasteiger partial charge in [-0.2, -0.15) is 0 Å². The van der Waals surface area contributed by atoms with Gasteiger partial charge in [-0.3, -0.25) is 4.99 Å². The van der Waals surface area contributed by atoms with E-state index in [2.05, 4.69) is 62.1 Å². The predicted octanol–water partition coefficient (Wildman–Crippen LogP) is 3.21. The molecule has 142 valence electrons. The number of methoxy groups -OCH3 is 1. The number of aliphatic imine (C=N–C) groups is 1. The molecule has 0 saturated carbocycles. The molecule has 0 unspecified atom stereocenters. The topological polar surface area (TPSA) is 40.1 Å². The van der Waals surface area contributed by atoms with E-state index in [4.69, 9.17) is 9.73 Å². The summed E-state index contributed by atoms with van der Waals surface area (Å²) in [7, 11) is 5.95. The maximum atomic E-state index is 5.21. The van der Waals surface area contributed by atoms with E-state index < -0.39 is 0 Å². The van der Waals surface area contributed by atoms with Crippen LogP contribution in [0.25, 0.3) is 0 Å². The van der Waals surface area contributed by atoms with Crippen LogP contribution >= 0.6 is 0 Å². The fraction of sp³-hybridized carbons (Fsp3) is 0.650. The third-order valence-corrected chi connectivity index (χ3v) is 4.34. The van der Waals surface area contributed by atoms with E-state index in [9.17, 15) is 0 Å². The Morgan fingerprint density at radius 3 is 2.40 bits per heavy atom. The molecule has 0 heterocycles. The van der Waals surface area contributed by atoms with Crippen LogP contribution in [-0.2, 0) is 6.54 Å². The molecule has 0 aliphatic carbocycles. The molecule has 0 aliphatic heterocycles. The van der Waals surface area contributed by atoms with Gasteiger partial charge in [0.2, 0.25) is 0 Å². The van der Waals surface area contributed by atoms with E-state index in [1.54, 1.807) is 7.11 Å². The van der Waals surface area contributed by atoms with Crippen LogP contribution in [0.5, 0.6) is 5.75 Å². The number of benzene rings is 1. The van der Waals surface area contributed by atoms with Gasteiger partial charge in [0.25, 0.3) is 0 Å². The van der Waals surface area contributed by atoms with Gasteiger partial charge in [-0.05, 0) is 64.9 Å². The summed E-state index contributed by atoms with van der Waals surface area (Å²) in [6, 6.07) is 8.80. The third kappa shape index (κ3) is 8.25. The van der Waals surface area contributed by atoms with Gasteiger partial charge in [-0.1, -0.05) is 12.1 Å². The van der Waals surface area contributed by atoms with E-state index in [0.717, 1.165) is 44.3 Å². The minimum Gasteiger partial charge on any atom is -0.497 e. The summed E-state index contributed by atoms with van der Waals surface area (Å²) >= 11 is 0. The molecule has 0 amide bonds. The molecule has 0 aliphatic rings. The fourth-order valence-electron chi connectivity index (χ4n) is 2.47. The SMILES string of the molecule is CCNC(=NCCCCN(C)C(C)C)N(C)Cc1ccc(OC)cc1. The van der Waals surface area contributed by atoms with Crippen LogP contribution in [0.2, 0.25) is 0 Å². The van der Waals surface area contributed by atoms with Gasteiger partial charge in [0.1, 0.15) is 5.75 Å². The monoisotopic (exact) mass is 348 g/mol. The molecule has 0 saturated heterocycles. The molecule has 0 radical (unpaired) electrons. The van der Waals surface area contributed by atoms with Gasteiger partial charge >= 0.3 is 0 Å². The molecule has 1 aromatic carbocycles. The van der Waals surface area contributed by atoms with Crippen molar-refractivity contribution in [2.24, 2.45) is 4.99 Å². The van der Waals surface area contributed by atoms with Crippen molar-refractivity contribution in [3.63, 3.8) is 0 Å². The van der Waals surface area contributed by atoms with Gasteiger partial charge in [-0.15, -0.1) is 0 Å². The maximum absolute atomic E-state index is 5.21. The molecule has 1 aromatic rings. The normalized spacial score (nSPS) is 11.9. The molecule has 0 bridgehead atoms. The summed E-state index contributed by atoms with van der Waals surface area (Å²) in [5, 5.41) is 3.38. The second kappa shape index (κ2) is 11.7. The van der Waals surface area contributed by atoms with Crippen molar-refractivity contribution in [3.05, 3.63) is 29.8 Å². The summed E-state index contributed by atoms with van der Waals surface area (Å²) in [6.07, 6.45) is 2.29. The van der Waals surface area contributed by atoms with Crippen molar-refractivity contribution in [1.29, 1.82) is 0 Å². The first-order chi connectivity index (χ1) is 12.0. The number of guanidine groups is 1. The molecule has 5 nitrogen and oxygen atoms in total. The predicted molar refractivity (Wildman–Crippen MR) is 107 cm³/mol. The summed E-state index contributed by atoms with van der Waals surface area (Å²) in [5.74, 6) is 1.86. The van der Waals surface area contributed by atoms with Crippen molar-refractivity contribution < 1.29 is 4.74 Å². The summed E-state index contributed by atoms with van der Waals surface area (Å²) < 4.78 is 5.21. The highest BCUT2D eigenvalue weighted by atomic mass is 16.5. The Kier molecular flexibility index (Phi) is 10.0. The Morgan fingerprint density at radius 2 is 1.84 bits per heavy atom. The Morgan fingerprint density at radius 1 is 1.16 bits per heavy atom.